The lowest BCUT2D eigenvalue weighted by Crippen LogP contribution is -2.16. The van der Waals surface area contributed by atoms with E-state index in [0.717, 1.165) is 12.1 Å². The van der Waals surface area contributed by atoms with Gasteiger partial charge < -0.3 is 5.32 Å². The number of amides is 1. The monoisotopic (exact) mass is 342 g/mol. The molecule has 2 rings (SSSR count). The van der Waals surface area contributed by atoms with Crippen molar-refractivity contribution in [2.75, 3.05) is 10.0 Å². The molecule has 1 amide bonds. The third-order valence-corrected chi connectivity index (χ3v) is 4.30. The van der Waals surface area contributed by atoms with Gasteiger partial charge in [0, 0.05) is 11.9 Å². The second-order valence-corrected chi connectivity index (χ2v) is 6.49. The summed E-state index contributed by atoms with van der Waals surface area (Å²) in [4.78, 5) is 10.7. The summed E-state index contributed by atoms with van der Waals surface area (Å²) in [6.07, 6.45) is 0. The normalized spacial score (nSPS) is 11.0. The Labute approximate surface area is 132 Å². The average molecular weight is 343 g/mol. The number of carbonyl (C=O) groups excluding carboxylic acids is 1. The number of carbonyl (C=O) groups is 1. The quantitative estimate of drug-likeness (QED) is 0.895. The van der Waals surface area contributed by atoms with Gasteiger partial charge in [-0.1, -0.05) is 23.7 Å². The van der Waals surface area contributed by atoms with Crippen LogP contribution in [0.1, 0.15) is 6.92 Å². The molecule has 0 aliphatic heterocycles. The highest BCUT2D eigenvalue weighted by atomic mass is 35.5. The maximum Gasteiger partial charge on any atom is 0.264 e. The van der Waals surface area contributed by atoms with E-state index in [1.807, 2.05) is 0 Å². The Bertz CT molecular complexity index is 825. The molecule has 0 fully saturated rings. The summed E-state index contributed by atoms with van der Waals surface area (Å²) in [6.45, 7) is 1.27. The second kappa shape index (κ2) is 6.33. The molecule has 0 unspecified atom stereocenters. The van der Waals surface area contributed by atoms with Gasteiger partial charge in [-0.15, -0.1) is 0 Å². The van der Waals surface area contributed by atoms with E-state index in [1.54, 1.807) is 0 Å². The molecule has 0 saturated carbocycles. The van der Waals surface area contributed by atoms with Gasteiger partial charge >= 0.3 is 0 Å². The van der Waals surface area contributed by atoms with Crippen LogP contribution in [0.5, 0.6) is 0 Å². The first kappa shape index (κ1) is 16.3. The number of halogens is 2. The molecule has 0 saturated heterocycles. The van der Waals surface area contributed by atoms with Gasteiger partial charge in [0.05, 0.1) is 11.4 Å². The molecule has 2 aromatic carbocycles. The predicted octanol–water partition coefficient (Wildman–Crippen LogP) is 3.24. The SMILES string of the molecule is CC(=O)Nc1cc(Cl)ccc1NS(=O)(=O)c1ccccc1F. The molecular formula is C14H12ClFN2O3S. The van der Waals surface area contributed by atoms with Gasteiger partial charge in [-0.25, -0.2) is 12.8 Å². The van der Waals surface area contributed by atoms with Gasteiger partial charge in [-0.2, -0.15) is 0 Å². The minimum absolute atomic E-state index is 0.0860. The summed E-state index contributed by atoms with van der Waals surface area (Å²) in [5.74, 6) is -1.27. The molecule has 2 aromatic rings. The summed E-state index contributed by atoms with van der Waals surface area (Å²) in [5.41, 5.74) is 0.266. The predicted molar refractivity (Wildman–Crippen MR) is 83.0 cm³/mol. The molecule has 0 heterocycles. The Morgan fingerprint density at radius 1 is 1.14 bits per heavy atom. The lowest BCUT2D eigenvalue weighted by molar-refractivity contribution is -0.114. The van der Waals surface area contributed by atoms with Crippen molar-refractivity contribution < 1.29 is 17.6 Å². The second-order valence-electron chi connectivity index (χ2n) is 4.41. The highest BCUT2D eigenvalue weighted by Crippen LogP contribution is 2.28. The van der Waals surface area contributed by atoms with Crippen molar-refractivity contribution in [3.8, 4) is 0 Å². The highest BCUT2D eigenvalue weighted by Gasteiger charge is 2.20. The van der Waals surface area contributed by atoms with E-state index in [9.17, 15) is 17.6 Å². The Morgan fingerprint density at radius 3 is 2.45 bits per heavy atom. The number of sulfonamides is 1. The maximum absolute atomic E-state index is 13.7. The topological polar surface area (TPSA) is 75.3 Å². The lowest BCUT2D eigenvalue weighted by Gasteiger charge is -2.13. The van der Waals surface area contributed by atoms with E-state index in [1.165, 1.54) is 37.3 Å². The Morgan fingerprint density at radius 2 is 1.82 bits per heavy atom. The zero-order chi connectivity index (χ0) is 16.3. The van der Waals surface area contributed by atoms with Gasteiger partial charge in [0.15, 0.2) is 0 Å². The van der Waals surface area contributed by atoms with E-state index in [0.29, 0.717) is 5.02 Å². The Kier molecular flexibility index (Phi) is 4.68. The van der Waals surface area contributed by atoms with Gasteiger partial charge in [0.25, 0.3) is 10.0 Å². The molecule has 0 aliphatic rings. The highest BCUT2D eigenvalue weighted by molar-refractivity contribution is 7.92. The fourth-order valence-electron chi connectivity index (χ4n) is 1.76. The average Bonchev–Trinajstić information content (AvgIpc) is 2.41. The number of hydrogen-bond donors (Lipinski definition) is 2. The largest absolute Gasteiger partial charge is 0.324 e. The van der Waals surface area contributed by atoms with E-state index >= 15 is 0 Å². The fourth-order valence-corrected chi connectivity index (χ4v) is 3.09. The third kappa shape index (κ3) is 3.75. The van der Waals surface area contributed by atoms with Crippen LogP contribution < -0.4 is 10.0 Å². The molecule has 22 heavy (non-hydrogen) atoms. The van der Waals surface area contributed by atoms with Crippen LogP contribution in [0.25, 0.3) is 0 Å². The molecule has 8 heteroatoms. The minimum Gasteiger partial charge on any atom is -0.324 e. The Balaban J connectivity index is 2.42. The van der Waals surface area contributed by atoms with Gasteiger partial charge in [-0.05, 0) is 30.3 Å². The maximum atomic E-state index is 13.7. The standard InChI is InChI=1S/C14H12ClFN2O3S/c1-9(19)17-13-8-10(15)6-7-12(13)18-22(20,21)14-5-3-2-4-11(14)16/h2-8,18H,1H3,(H,17,19). The molecule has 0 atom stereocenters. The van der Waals surface area contributed by atoms with Crippen molar-refractivity contribution in [1.29, 1.82) is 0 Å². The number of nitrogens with one attached hydrogen (secondary N) is 2. The van der Waals surface area contributed by atoms with Gasteiger partial charge in [0.2, 0.25) is 5.91 Å². The first-order valence-corrected chi connectivity index (χ1v) is 8.00. The molecule has 0 radical (unpaired) electrons. The van der Waals surface area contributed by atoms with Crippen LogP contribution in [0.15, 0.2) is 47.4 Å². The van der Waals surface area contributed by atoms with E-state index in [-0.39, 0.29) is 11.4 Å². The zero-order valence-corrected chi connectivity index (χ0v) is 13.0. The van der Waals surface area contributed by atoms with Crippen LogP contribution in [0.4, 0.5) is 15.8 Å². The molecule has 0 bridgehead atoms. The van der Waals surface area contributed by atoms with Crippen molar-refractivity contribution in [2.24, 2.45) is 0 Å². The Hall–Kier alpha value is -2.12. The van der Waals surface area contributed by atoms with Crippen molar-refractivity contribution in [2.45, 2.75) is 11.8 Å². The van der Waals surface area contributed by atoms with Crippen molar-refractivity contribution in [1.82, 2.24) is 0 Å². The van der Waals surface area contributed by atoms with Gasteiger partial charge in [-0.3, -0.25) is 9.52 Å². The van der Waals surface area contributed by atoms with Crippen LogP contribution >= 0.6 is 11.6 Å². The van der Waals surface area contributed by atoms with Crippen molar-refractivity contribution in [3.05, 3.63) is 53.3 Å². The van der Waals surface area contributed by atoms with Crippen molar-refractivity contribution in [3.63, 3.8) is 0 Å². The van der Waals surface area contributed by atoms with Crippen molar-refractivity contribution >= 4 is 38.9 Å². The number of hydrogen-bond acceptors (Lipinski definition) is 3. The molecule has 0 spiro atoms. The fraction of sp³-hybridized carbons (Fsp3) is 0.0714. The van der Waals surface area contributed by atoms with E-state index in [2.05, 4.69) is 10.0 Å². The molecule has 5 nitrogen and oxygen atoms in total. The summed E-state index contributed by atoms with van der Waals surface area (Å²) in [5, 5.41) is 2.78. The van der Waals surface area contributed by atoms with E-state index < -0.39 is 26.6 Å². The van der Waals surface area contributed by atoms with Crippen LogP contribution in [-0.4, -0.2) is 14.3 Å². The number of anilines is 2. The smallest absolute Gasteiger partial charge is 0.264 e. The molecule has 2 N–H and O–H groups in total. The van der Waals surface area contributed by atoms with Crippen LogP contribution in [0.2, 0.25) is 5.02 Å². The summed E-state index contributed by atoms with van der Waals surface area (Å²) < 4.78 is 40.4. The minimum atomic E-state index is -4.13. The van der Waals surface area contributed by atoms with E-state index in [4.69, 9.17) is 11.6 Å². The molecule has 0 aliphatic carbocycles. The van der Waals surface area contributed by atoms with Gasteiger partial charge in [0.1, 0.15) is 10.7 Å². The summed E-state index contributed by atoms with van der Waals surface area (Å²) in [6, 6.07) is 9.21. The first-order valence-electron chi connectivity index (χ1n) is 6.14. The van der Waals surface area contributed by atoms with Crippen LogP contribution in [-0.2, 0) is 14.8 Å². The lowest BCUT2D eigenvalue weighted by atomic mass is 10.2. The van der Waals surface area contributed by atoms with Crippen LogP contribution in [0.3, 0.4) is 0 Å². The molecule has 116 valence electrons. The molecular weight excluding hydrogens is 331 g/mol. The number of rotatable bonds is 4. The van der Waals surface area contributed by atoms with Crippen LogP contribution in [0, 0.1) is 5.82 Å². The zero-order valence-electron chi connectivity index (χ0n) is 11.4. The number of benzene rings is 2. The first-order chi connectivity index (χ1) is 10.3. The third-order valence-electron chi connectivity index (χ3n) is 2.66. The molecule has 0 aromatic heterocycles. The summed E-state index contributed by atoms with van der Waals surface area (Å²) >= 11 is 5.83. The summed E-state index contributed by atoms with van der Waals surface area (Å²) in [7, 11) is -4.13.